The summed E-state index contributed by atoms with van der Waals surface area (Å²) in [5.41, 5.74) is 0.553. The number of ketones is 2. The highest BCUT2D eigenvalue weighted by Gasteiger charge is 2.50. The molecule has 0 radical (unpaired) electrons. The van der Waals surface area contributed by atoms with Gasteiger partial charge in [-0.2, -0.15) is 8.42 Å². The number of allylic oxidation sites excluding steroid dienone is 3. The Morgan fingerprint density at radius 2 is 1.63 bits per heavy atom. The summed E-state index contributed by atoms with van der Waals surface area (Å²) in [6, 6.07) is 6.25. The Morgan fingerprint density at radius 3 is 2.15 bits per heavy atom. The summed E-state index contributed by atoms with van der Waals surface area (Å²) in [4.78, 5) is 25.6. The van der Waals surface area contributed by atoms with Crippen LogP contribution in [0.3, 0.4) is 0 Å². The van der Waals surface area contributed by atoms with Crippen molar-refractivity contribution in [1.29, 1.82) is 0 Å². The number of Topliss-reactive ketones (excluding diaryl/α,β-unsaturated/α-hetero) is 2. The Bertz CT molecular complexity index is 1130. The Labute approximate surface area is 157 Å². The number of nitrogens with zero attached hydrogens (tertiary/aromatic N) is 1. The zero-order chi connectivity index (χ0) is 20.2. The lowest BCUT2D eigenvalue weighted by Crippen LogP contribution is -2.49. The summed E-state index contributed by atoms with van der Waals surface area (Å²) in [5.74, 6) is -0.853. The Morgan fingerprint density at radius 1 is 1.07 bits per heavy atom. The number of rotatable bonds is 4. The van der Waals surface area contributed by atoms with Crippen molar-refractivity contribution in [2.75, 3.05) is 7.05 Å². The van der Waals surface area contributed by atoms with Crippen LogP contribution in [-0.4, -0.2) is 48.5 Å². The van der Waals surface area contributed by atoms with Crippen molar-refractivity contribution >= 4 is 31.9 Å². The first-order valence-electron chi connectivity index (χ1n) is 8.03. The summed E-state index contributed by atoms with van der Waals surface area (Å²) in [7, 11) is -8.88. The van der Waals surface area contributed by atoms with Crippen LogP contribution in [0.15, 0.2) is 47.6 Å². The molecule has 2 aliphatic rings. The molecular weight excluding hydrogens is 394 g/mol. The first-order chi connectivity index (χ1) is 12.5. The van der Waals surface area contributed by atoms with E-state index in [1.54, 1.807) is 12.1 Å². The van der Waals surface area contributed by atoms with Crippen LogP contribution in [0.1, 0.15) is 40.5 Å². The molecule has 0 saturated carbocycles. The minimum atomic E-state index is -5.02. The van der Waals surface area contributed by atoms with E-state index < -0.39 is 30.9 Å². The minimum absolute atomic E-state index is 0.0235. The summed E-state index contributed by atoms with van der Waals surface area (Å²) >= 11 is 0. The molecule has 3 rings (SSSR count). The van der Waals surface area contributed by atoms with Crippen molar-refractivity contribution in [2.24, 2.45) is 0 Å². The van der Waals surface area contributed by atoms with Crippen LogP contribution < -0.4 is 0 Å². The highest BCUT2D eigenvalue weighted by Crippen LogP contribution is 2.42. The number of carbonyl (C=O) groups is 2. The molecule has 27 heavy (non-hydrogen) atoms. The molecule has 0 amide bonds. The van der Waals surface area contributed by atoms with Gasteiger partial charge in [0.15, 0.2) is 11.6 Å². The normalized spacial score (nSPS) is 22.8. The average molecular weight is 411 g/mol. The highest BCUT2D eigenvalue weighted by molar-refractivity contribution is 8.02. The molecule has 0 aromatic heterocycles. The standard InChI is InChI=1S/C17H17NO7S2/c1-3-17(26(21,22)18(2)27(23,24)25)9-8-13-14(10-17)16(20)12-7-5-4-6-11(12)15(13)19/h4-9H,3,10H2,1-2H3,(H,23,24,25). The molecular formula is C17H17NO7S2. The third-order valence-corrected chi connectivity index (χ3v) is 9.14. The van der Waals surface area contributed by atoms with Crippen molar-refractivity contribution < 1.29 is 31.0 Å². The van der Waals surface area contributed by atoms with Gasteiger partial charge in [0, 0.05) is 35.7 Å². The molecule has 0 heterocycles. The van der Waals surface area contributed by atoms with Crippen LogP contribution in [0.4, 0.5) is 0 Å². The predicted octanol–water partition coefficient (Wildman–Crippen LogP) is 1.54. The number of sulfonamides is 1. The van der Waals surface area contributed by atoms with E-state index in [0.717, 1.165) is 7.05 Å². The topological polar surface area (TPSA) is 126 Å². The zero-order valence-electron chi connectivity index (χ0n) is 14.5. The molecule has 1 aromatic carbocycles. The second-order valence-corrected chi connectivity index (χ2v) is 10.4. The Hall–Kier alpha value is -2.14. The molecule has 0 spiro atoms. The van der Waals surface area contributed by atoms with Gasteiger partial charge in [-0.1, -0.05) is 47.1 Å². The van der Waals surface area contributed by atoms with Crippen LogP contribution in [0, 0.1) is 0 Å². The fraction of sp³-hybridized carbons (Fsp3) is 0.294. The van der Waals surface area contributed by atoms with E-state index in [9.17, 15) is 31.0 Å². The fourth-order valence-corrected chi connectivity index (χ4v) is 6.25. The van der Waals surface area contributed by atoms with Gasteiger partial charge in [0.1, 0.15) is 4.75 Å². The van der Waals surface area contributed by atoms with Crippen molar-refractivity contribution in [3.8, 4) is 0 Å². The summed E-state index contributed by atoms with van der Waals surface area (Å²) in [5, 5.41) is 0. The lowest BCUT2D eigenvalue weighted by atomic mass is 9.76. The third kappa shape index (κ3) is 2.80. The lowest BCUT2D eigenvalue weighted by Gasteiger charge is -2.36. The van der Waals surface area contributed by atoms with E-state index in [0.29, 0.717) is 0 Å². The molecule has 0 fully saturated rings. The molecule has 1 N–H and O–H groups in total. The van der Waals surface area contributed by atoms with Crippen LogP contribution in [0.2, 0.25) is 0 Å². The van der Waals surface area contributed by atoms with Crippen molar-refractivity contribution in [1.82, 2.24) is 3.71 Å². The number of hydrogen-bond acceptors (Lipinski definition) is 6. The summed E-state index contributed by atoms with van der Waals surface area (Å²) < 4.78 is 55.9. The van der Waals surface area contributed by atoms with Gasteiger partial charge in [-0.05, 0) is 6.42 Å². The maximum Gasteiger partial charge on any atom is 0.348 e. The van der Waals surface area contributed by atoms with Gasteiger partial charge in [-0.3, -0.25) is 14.1 Å². The molecule has 0 aliphatic heterocycles. The van der Waals surface area contributed by atoms with E-state index in [1.165, 1.54) is 31.2 Å². The van der Waals surface area contributed by atoms with Crippen LogP contribution >= 0.6 is 0 Å². The monoisotopic (exact) mass is 411 g/mol. The highest BCUT2D eigenvalue weighted by atomic mass is 32.3. The SMILES string of the molecule is CCC1(S(=O)(=O)N(C)S(=O)(=O)O)C=CC2=C(C1)C(=O)c1ccccc1C2=O. The smallest absolute Gasteiger partial charge is 0.289 e. The molecule has 1 atom stereocenters. The van der Waals surface area contributed by atoms with Gasteiger partial charge in [-0.15, -0.1) is 0 Å². The maximum atomic E-state index is 12.9. The number of fused-ring (bicyclic) bond motifs is 1. The molecule has 144 valence electrons. The maximum absolute atomic E-state index is 12.9. The number of carbonyl (C=O) groups excluding carboxylic acids is 2. The molecule has 10 heteroatoms. The molecule has 8 nitrogen and oxygen atoms in total. The Balaban J connectivity index is 2.14. The lowest BCUT2D eigenvalue weighted by molar-refractivity contribution is 0.0972. The van der Waals surface area contributed by atoms with Gasteiger partial charge in [0.05, 0.1) is 0 Å². The predicted molar refractivity (Wildman–Crippen MR) is 97.1 cm³/mol. The van der Waals surface area contributed by atoms with Crippen molar-refractivity contribution in [3.63, 3.8) is 0 Å². The first-order valence-corrected chi connectivity index (χ1v) is 10.9. The summed E-state index contributed by atoms with van der Waals surface area (Å²) in [6.45, 7) is 1.52. The van der Waals surface area contributed by atoms with Crippen molar-refractivity contribution in [3.05, 3.63) is 58.7 Å². The van der Waals surface area contributed by atoms with Gasteiger partial charge >= 0.3 is 10.3 Å². The van der Waals surface area contributed by atoms with Gasteiger partial charge < -0.3 is 0 Å². The second-order valence-electron chi connectivity index (χ2n) is 6.39. The molecule has 1 unspecified atom stereocenters. The van der Waals surface area contributed by atoms with Gasteiger partial charge in [0.2, 0.25) is 10.0 Å². The fourth-order valence-electron chi connectivity index (χ4n) is 3.37. The zero-order valence-corrected chi connectivity index (χ0v) is 16.2. The minimum Gasteiger partial charge on any atom is -0.289 e. The van der Waals surface area contributed by atoms with Crippen LogP contribution in [0.5, 0.6) is 0 Å². The molecule has 1 aromatic rings. The number of hydrogen-bond donors (Lipinski definition) is 1. The first kappa shape index (κ1) is 19.6. The van der Waals surface area contributed by atoms with E-state index in [2.05, 4.69) is 0 Å². The molecule has 0 bridgehead atoms. The molecule has 0 saturated heterocycles. The summed E-state index contributed by atoms with van der Waals surface area (Å²) in [6.07, 6.45) is 2.05. The van der Waals surface area contributed by atoms with Crippen LogP contribution in [0.25, 0.3) is 0 Å². The van der Waals surface area contributed by atoms with Gasteiger partial charge in [0.25, 0.3) is 0 Å². The van der Waals surface area contributed by atoms with Crippen molar-refractivity contribution in [2.45, 2.75) is 24.5 Å². The average Bonchev–Trinajstić information content (AvgIpc) is 2.64. The van der Waals surface area contributed by atoms with E-state index >= 15 is 0 Å². The Kier molecular flexibility index (Phi) is 4.50. The molecule has 2 aliphatic carbocycles. The quantitative estimate of drug-likeness (QED) is 0.745. The van der Waals surface area contributed by atoms with E-state index in [-0.39, 0.29) is 44.6 Å². The largest absolute Gasteiger partial charge is 0.348 e. The van der Waals surface area contributed by atoms with E-state index in [1.807, 2.05) is 0 Å². The van der Waals surface area contributed by atoms with Gasteiger partial charge in [-0.25, -0.2) is 8.42 Å². The van der Waals surface area contributed by atoms with E-state index in [4.69, 9.17) is 0 Å². The number of benzene rings is 1. The second kappa shape index (κ2) is 6.20. The van der Waals surface area contributed by atoms with Crippen LogP contribution in [-0.2, 0) is 20.3 Å². The third-order valence-electron chi connectivity index (χ3n) is 5.07.